The third-order valence-electron chi connectivity index (χ3n) is 6.92. The van der Waals surface area contributed by atoms with E-state index in [2.05, 4.69) is 26.1 Å². The minimum Gasteiger partial charge on any atom is -0.452 e. The molecule has 0 bridgehead atoms. The Labute approximate surface area is 193 Å². The minimum absolute atomic E-state index is 0.148. The second-order valence-electron chi connectivity index (χ2n) is 9.35. The van der Waals surface area contributed by atoms with Crippen molar-refractivity contribution in [3.8, 4) is 0 Å². The molecule has 0 saturated heterocycles. The van der Waals surface area contributed by atoms with E-state index in [4.69, 9.17) is 9.72 Å². The molecule has 0 fully saturated rings. The maximum absolute atomic E-state index is 13.4. The molecule has 1 heterocycles. The monoisotopic (exact) mass is 448 g/mol. The molecule has 4 rings (SSSR count). The zero-order chi connectivity index (χ0) is 23.6. The Morgan fingerprint density at radius 3 is 2.73 bits per heavy atom. The van der Waals surface area contributed by atoms with Crippen LogP contribution in [0.15, 0.2) is 48.5 Å². The maximum Gasteiger partial charge on any atom is 0.339 e. The number of ether oxygens (including phenoxy) is 1. The number of anilines is 1. The van der Waals surface area contributed by atoms with Gasteiger partial charge in [-0.3, -0.25) is 9.78 Å². The van der Waals surface area contributed by atoms with E-state index in [1.54, 1.807) is 6.07 Å². The normalized spacial score (nSPS) is 15.7. The molecule has 1 unspecified atom stereocenters. The van der Waals surface area contributed by atoms with Gasteiger partial charge in [0.15, 0.2) is 6.61 Å². The van der Waals surface area contributed by atoms with Crippen LogP contribution in [-0.2, 0) is 22.4 Å². The first kappa shape index (κ1) is 22.9. The number of nitrogens with one attached hydrogen (secondary N) is 1. The van der Waals surface area contributed by atoms with Crippen LogP contribution < -0.4 is 5.32 Å². The van der Waals surface area contributed by atoms with Crippen LogP contribution >= 0.6 is 0 Å². The van der Waals surface area contributed by atoms with Crippen molar-refractivity contribution in [2.75, 3.05) is 11.9 Å². The van der Waals surface area contributed by atoms with E-state index in [0.29, 0.717) is 17.2 Å². The van der Waals surface area contributed by atoms with E-state index in [9.17, 15) is 14.0 Å². The van der Waals surface area contributed by atoms with Crippen LogP contribution in [-0.4, -0.2) is 23.5 Å². The smallest absolute Gasteiger partial charge is 0.339 e. The molecule has 1 aromatic heterocycles. The number of carbonyl (C=O) groups excluding carboxylic acids is 2. The molecule has 5 nitrogen and oxygen atoms in total. The summed E-state index contributed by atoms with van der Waals surface area (Å²) < 4.78 is 18.8. The van der Waals surface area contributed by atoms with Gasteiger partial charge in [0.2, 0.25) is 0 Å². The predicted octanol–water partition coefficient (Wildman–Crippen LogP) is 5.71. The predicted molar refractivity (Wildman–Crippen MR) is 127 cm³/mol. The number of benzene rings is 2. The molecule has 0 spiro atoms. The lowest BCUT2D eigenvalue weighted by molar-refractivity contribution is -0.119. The molecule has 172 valence electrons. The van der Waals surface area contributed by atoms with Gasteiger partial charge in [-0.1, -0.05) is 51.5 Å². The molecule has 1 amide bonds. The molecule has 0 saturated carbocycles. The summed E-state index contributed by atoms with van der Waals surface area (Å²) in [5.74, 6) is -1.08. The van der Waals surface area contributed by atoms with Crippen molar-refractivity contribution in [2.45, 2.75) is 46.5 Å². The topological polar surface area (TPSA) is 68.3 Å². The molecule has 2 aromatic carbocycles. The summed E-state index contributed by atoms with van der Waals surface area (Å²) in [5, 5.41) is 3.29. The maximum atomic E-state index is 13.4. The van der Waals surface area contributed by atoms with E-state index in [1.165, 1.54) is 18.2 Å². The molecule has 1 N–H and O–H groups in total. The molecule has 1 aliphatic carbocycles. The first-order valence-corrected chi connectivity index (χ1v) is 11.4. The number of nitrogens with zero attached hydrogens (tertiary/aromatic N) is 1. The number of amides is 1. The van der Waals surface area contributed by atoms with Gasteiger partial charge >= 0.3 is 5.97 Å². The number of rotatable bonds is 6. The third-order valence-corrected chi connectivity index (χ3v) is 6.92. The third kappa shape index (κ3) is 4.90. The number of halogens is 1. The number of aryl methyl sites for hydroxylation is 1. The minimum atomic E-state index is -0.533. The lowest BCUT2D eigenvalue weighted by Gasteiger charge is -2.37. The summed E-state index contributed by atoms with van der Waals surface area (Å²) in [4.78, 5) is 30.4. The number of fused-ring (bicyclic) bond motifs is 2. The van der Waals surface area contributed by atoms with Crippen LogP contribution in [0.4, 0.5) is 10.1 Å². The van der Waals surface area contributed by atoms with Crippen LogP contribution in [0.3, 0.4) is 0 Å². The van der Waals surface area contributed by atoms with Crippen molar-refractivity contribution < 1.29 is 18.7 Å². The lowest BCUT2D eigenvalue weighted by Crippen LogP contribution is -2.31. The number of para-hydroxylation sites is 1. The Bertz CT molecular complexity index is 1210. The number of pyridine rings is 1. The summed E-state index contributed by atoms with van der Waals surface area (Å²) in [5.41, 5.74) is 3.59. The number of aromatic nitrogens is 1. The van der Waals surface area contributed by atoms with E-state index < -0.39 is 24.3 Å². The molecule has 6 heteroatoms. The number of carbonyl (C=O) groups is 2. The first-order chi connectivity index (χ1) is 15.8. The highest BCUT2D eigenvalue weighted by atomic mass is 19.1. The van der Waals surface area contributed by atoms with Gasteiger partial charge in [-0.25, -0.2) is 9.18 Å². The standard InChI is InChI=1S/C27H29FN2O3/c1-4-27(2,3)17-12-13-23-21(14-17)25(20-10-5-6-11-22(20)30-23)26(32)33-16-24(31)29-19-9-7-8-18(28)15-19/h5-11,15,17H,4,12-14,16H2,1-3H3,(H,29,31). The number of hydrogen-bond donors (Lipinski definition) is 1. The molecule has 1 aliphatic rings. The van der Waals surface area contributed by atoms with Crippen molar-refractivity contribution >= 4 is 28.5 Å². The van der Waals surface area contributed by atoms with E-state index in [-0.39, 0.29) is 5.41 Å². The fourth-order valence-corrected chi connectivity index (χ4v) is 4.54. The summed E-state index contributed by atoms with van der Waals surface area (Å²) in [6, 6.07) is 13.1. The molecule has 0 radical (unpaired) electrons. The van der Waals surface area contributed by atoms with Gasteiger partial charge in [-0.15, -0.1) is 0 Å². The molecule has 1 atom stereocenters. The molecule has 3 aromatic rings. The SMILES string of the molecule is CCC(C)(C)C1CCc2nc3ccccc3c(C(=O)OCC(=O)Nc3cccc(F)c3)c2C1. The molecular formula is C27H29FN2O3. The Morgan fingerprint density at radius 1 is 1.18 bits per heavy atom. The molecule has 0 aliphatic heterocycles. The second-order valence-corrected chi connectivity index (χ2v) is 9.35. The zero-order valence-electron chi connectivity index (χ0n) is 19.3. The lowest BCUT2D eigenvalue weighted by atomic mass is 9.68. The van der Waals surface area contributed by atoms with E-state index in [1.807, 2.05) is 24.3 Å². The van der Waals surface area contributed by atoms with Crippen molar-refractivity contribution in [3.05, 3.63) is 71.2 Å². The van der Waals surface area contributed by atoms with Crippen LogP contribution in [0.1, 0.15) is 55.2 Å². The first-order valence-electron chi connectivity index (χ1n) is 11.4. The Kier molecular flexibility index (Phi) is 6.45. The Balaban J connectivity index is 1.60. The second kappa shape index (κ2) is 9.30. The van der Waals surface area contributed by atoms with Crippen LogP contribution in [0.5, 0.6) is 0 Å². The van der Waals surface area contributed by atoms with Crippen LogP contribution in [0.2, 0.25) is 0 Å². The van der Waals surface area contributed by atoms with Crippen molar-refractivity contribution in [1.82, 2.24) is 4.98 Å². The summed E-state index contributed by atoms with van der Waals surface area (Å²) >= 11 is 0. The largest absolute Gasteiger partial charge is 0.452 e. The van der Waals surface area contributed by atoms with Gasteiger partial charge in [0.1, 0.15) is 5.82 Å². The number of hydrogen-bond acceptors (Lipinski definition) is 4. The van der Waals surface area contributed by atoms with Gasteiger partial charge in [0.25, 0.3) is 5.91 Å². The highest BCUT2D eigenvalue weighted by molar-refractivity contribution is 6.06. The Morgan fingerprint density at radius 2 is 1.97 bits per heavy atom. The van der Waals surface area contributed by atoms with Crippen molar-refractivity contribution in [3.63, 3.8) is 0 Å². The molecular weight excluding hydrogens is 419 g/mol. The van der Waals surface area contributed by atoms with Crippen LogP contribution in [0, 0.1) is 17.2 Å². The average Bonchev–Trinajstić information content (AvgIpc) is 2.80. The fourth-order valence-electron chi connectivity index (χ4n) is 4.54. The van der Waals surface area contributed by atoms with Crippen molar-refractivity contribution in [1.29, 1.82) is 0 Å². The van der Waals surface area contributed by atoms with Gasteiger partial charge < -0.3 is 10.1 Å². The number of esters is 1. The Hall–Kier alpha value is -3.28. The fraction of sp³-hybridized carbons (Fsp3) is 0.370. The van der Waals surface area contributed by atoms with Crippen LogP contribution in [0.25, 0.3) is 10.9 Å². The van der Waals surface area contributed by atoms with Gasteiger partial charge in [-0.2, -0.15) is 0 Å². The summed E-state index contributed by atoms with van der Waals surface area (Å²) in [7, 11) is 0. The average molecular weight is 449 g/mol. The highest BCUT2D eigenvalue weighted by Crippen LogP contribution is 2.41. The van der Waals surface area contributed by atoms with E-state index in [0.717, 1.165) is 47.8 Å². The molecule has 33 heavy (non-hydrogen) atoms. The summed E-state index contributed by atoms with van der Waals surface area (Å²) in [6.45, 7) is 6.28. The zero-order valence-corrected chi connectivity index (χ0v) is 19.3. The summed E-state index contributed by atoms with van der Waals surface area (Å²) in [6.07, 6.45) is 3.65. The van der Waals surface area contributed by atoms with Crippen molar-refractivity contribution in [2.24, 2.45) is 11.3 Å². The quantitative estimate of drug-likeness (QED) is 0.491. The van der Waals surface area contributed by atoms with Gasteiger partial charge in [-0.05, 0) is 60.4 Å². The van der Waals surface area contributed by atoms with E-state index >= 15 is 0 Å². The van der Waals surface area contributed by atoms with Gasteiger partial charge in [0, 0.05) is 16.8 Å². The van der Waals surface area contributed by atoms with Gasteiger partial charge in [0.05, 0.1) is 11.1 Å². The highest BCUT2D eigenvalue weighted by Gasteiger charge is 2.34.